The van der Waals surface area contributed by atoms with E-state index in [1.807, 2.05) is 0 Å². The van der Waals surface area contributed by atoms with Gasteiger partial charge in [-0.25, -0.2) is 9.37 Å². The summed E-state index contributed by atoms with van der Waals surface area (Å²) in [5.74, 6) is -1.74. The molecule has 1 aliphatic rings. The van der Waals surface area contributed by atoms with Gasteiger partial charge in [0.25, 0.3) is 0 Å². The molecule has 1 atom stereocenters. The molecule has 3 rings (SSSR count). The van der Waals surface area contributed by atoms with Gasteiger partial charge in [-0.1, -0.05) is 0 Å². The molecule has 92 valence electrons. The van der Waals surface area contributed by atoms with E-state index >= 15 is 0 Å². The molecule has 6 heteroatoms. The molecule has 2 aromatic heterocycles. The number of aryl methyl sites for hydroxylation is 1. The number of carbonyl (C=O) groups is 1. The van der Waals surface area contributed by atoms with Crippen molar-refractivity contribution in [3.05, 3.63) is 34.7 Å². The molecule has 0 bridgehead atoms. The van der Waals surface area contributed by atoms with Crippen molar-refractivity contribution in [3.63, 3.8) is 0 Å². The number of carboxylic acid groups (broad SMARTS) is 1. The van der Waals surface area contributed by atoms with Crippen molar-refractivity contribution >= 4 is 17.3 Å². The number of carboxylic acids is 1. The van der Waals surface area contributed by atoms with Gasteiger partial charge in [0.2, 0.25) is 0 Å². The number of aliphatic carboxylic acids is 1. The Kier molecular flexibility index (Phi) is 2.59. The summed E-state index contributed by atoms with van der Waals surface area (Å²) in [5.41, 5.74) is 1.23. The Morgan fingerprint density at radius 1 is 1.50 bits per heavy atom. The van der Waals surface area contributed by atoms with Gasteiger partial charge in [0.15, 0.2) is 0 Å². The van der Waals surface area contributed by atoms with E-state index in [0.29, 0.717) is 22.8 Å². The van der Waals surface area contributed by atoms with Crippen LogP contribution in [-0.2, 0) is 11.2 Å². The second kappa shape index (κ2) is 4.13. The molecule has 0 radical (unpaired) electrons. The Balaban J connectivity index is 1.99. The first-order chi connectivity index (χ1) is 8.65. The summed E-state index contributed by atoms with van der Waals surface area (Å²) in [4.78, 5) is 20.4. The molecule has 0 saturated heterocycles. The van der Waals surface area contributed by atoms with Crippen LogP contribution in [-0.4, -0.2) is 21.0 Å². The fourth-order valence-electron chi connectivity index (χ4n) is 2.08. The number of nitrogens with zero attached hydrogens (tertiary/aromatic N) is 2. The van der Waals surface area contributed by atoms with Crippen LogP contribution in [0.2, 0.25) is 0 Å². The van der Waals surface area contributed by atoms with E-state index < -0.39 is 17.7 Å². The van der Waals surface area contributed by atoms with Crippen molar-refractivity contribution in [2.45, 2.75) is 18.8 Å². The predicted molar refractivity (Wildman–Crippen MR) is 64.0 cm³/mol. The number of hydrogen-bond donors (Lipinski definition) is 1. The Labute approximate surface area is 106 Å². The monoisotopic (exact) mass is 264 g/mol. The summed E-state index contributed by atoms with van der Waals surface area (Å²) >= 11 is 1.44. The SMILES string of the molecule is O=C(O)C1CCc2sc(-c3ccc(F)cn3)nc21. The molecule has 0 aromatic carbocycles. The minimum Gasteiger partial charge on any atom is -0.481 e. The first kappa shape index (κ1) is 11.3. The lowest BCUT2D eigenvalue weighted by atomic mass is 10.1. The Bertz CT molecular complexity index is 609. The van der Waals surface area contributed by atoms with Gasteiger partial charge in [-0.3, -0.25) is 9.78 Å². The second-order valence-corrected chi connectivity index (χ2v) is 5.20. The maximum Gasteiger partial charge on any atom is 0.312 e. The van der Waals surface area contributed by atoms with Crippen LogP contribution >= 0.6 is 11.3 Å². The van der Waals surface area contributed by atoms with Crippen LogP contribution in [0.25, 0.3) is 10.7 Å². The Morgan fingerprint density at radius 3 is 3.00 bits per heavy atom. The molecule has 1 N–H and O–H groups in total. The third kappa shape index (κ3) is 1.78. The van der Waals surface area contributed by atoms with Gasteiger partial charge in [-0.05, 0) is 25.0 Å². The third-order valence-corrected chi connectivity index (χ3v) is 4.12. The van der Waals surface area contributed by atoms with Crippen molar-refractivity contribution in [3.8, 4) is 10.7 Å². The molecule has 1 unspecified atom stereocenters. The van der Waals surface area contributed by atoms with Crippen LogP contribution in [0.4, 0.5) is 4.39 Å². The summed E-state index contributed by atoms with van der Waals surface area (Å²) in [6, 6.07) is 2.88. The van der Waals surface area contributed by atoms with Crippen molar-refractivity contribution in [2.75, 3.05) is 0 Å². The molecule has 1 aliphatic carbocycles. The first-order valence-corrected chi connectivity index (χ1v) is 6.31. The fourth-order valence-corrected chi connectivity index (χ4v) is 3.19. The number of fused-ring (bicyclic) bond motifs is 1. The van der Waals surface area contributed by atoms with Crippen molar-refractivity contribution in [1.82, 2.24) is 9.97 Å². The van der Waals surface area contributed by atoms with E-state index in [1.54, 1.807) is 6.07 Å². The quantitative estimate of drug-likeness (QED) is 0.905. The zero-order valence-corrected chi connectivity index (χ0v) is 10.1. The molecule has 0 amide bonds. The average molecular weight is 264 g/mol. The second-order valence-electron chi connectivity index (χ2n) is 4.12. The lowest BCUT2D eigenvalue weighted by Crippen LogP contribution is -2.08. The normalized spacial score (nSPS) is 17.7. The minimum atomic E-state index is -0.835. The highest BCUT2D eigenvalue weighted by Gasteiger charge is 2.32. The van der Waals surface area contributed by atoms with E-state index in [2.05, 4.69) is 9.97 Å². The van der Waals surface area contributed by atoms with Gasteiger partial charge < -0.3 is 5.11 Å². The highest BCUT2D eigenvalue weighted by Crippen LogP contribution is 2.39. The summed E-state index contributed by atoms with van der Waals surface area (Å²) in [6.45, 7) is 0. The predicted octanol–water partition coefficient (Wildman–Crippen LogP) is 2.46. The van der Waals surface area contributed by atoms with Gasteiger partial charge in [-0.15, -0.1) is 11.3 Å². The molecule has 0 spiro atoms. The third-order valence-electron chi connectivity index (χ3n) is 2.96. The van der Waals surface area contributed by atoms with Gasteiger partial charge in [0, 0.05) is 4.88 Å². The number of aromatic nitrogens is 2. The van der Waals surface area contributed by atoms with Crippen LogP contribution < -0.4 is 0 Å². The van der Waals surface area contributed by atoms with Crippen LogP contribution in [0.15, 0.2) is 18.3 Å². The number of hydrogen-bond acceptors (Lipinski definition) is 4. The molecule has 18 heavy (non-hydrogen) atoms. The zero-order chi connectivity index (χ0) is 12.7. The Hall–Kier alpha value is -1.82. The molecule has 2 aromatic rings. The highest BCUT2D eigenvalue weighted by atomic mass is 32.1. The largest absolute Gasteiger partial charge is 0.481 e. The van der Waals surface area contributed by atoms with Crippen LogP contribution in [0.1, 0.15) is 22.9 Å². The Morgan fingerprint density at radius 2 is 2.33 bits per heavy atom. The van der Waals surface area contributed by atoms with E-state index in [9.17, 15) is 9.18 Å². The van der Waals surface area contributed by atoms with E-state index in [4.69, 9.17) is 5.11 Å². The summed E-state index contributed by atoms with van der Waals surface area (Å²) in [6.07, 6.45) is 2.49. The molecular weight excluding hydrogens is 255 g/mol. The van der Waals surface area contributed by atoms with E-state index in [-0.39, 0.29) is 0 Å². The summed E-state index contributed by atoms with van der Waals surface area (Å²) < 4.78 is 12.8. The van der Waals surface area contributed by atoms with Gasteiger partial charge in [-0.2, -0.15) is 0 Å². The summed E-state index contributed by atoms with van der Waals surface area (Å²) in [5, 5.41) is 9.73. The molecule has 4 nitrogen and oxygen atoms in total. The topological polar surface area (TPSA) is 63.1 Å². The zero-order valence-electron chi connectivity index (χ0n) is 9.26. The molecule has 2 heterocycles. The van der Waals surface area contributed by atoms with Crippen LogP contribution in [0.3, 0.4) is 0 Å². The van der Waals surface area contributed by atoms with Crippen molar-refractivity contribution < 1.29 is 14.3 Å². The molecular formula is C12H9FN2O2S. The number of halogens is 1. The van der Waals surface area contributed by atoms with E-state index in [1.165, 1.54) is 17.4 Å². The summed E-state index contributed by atoms with van der Waals surface area (Å²) in [7, 11) is 0. The fraction of sp³-hybridized carbons (Fsp3) is 0.250. The number of rotatable bonds is 2. The van der Waals surface area contributed by atoms with Crippen molar-refractivity contribution in [2.24, 2.45) is 0 Å². The lowest BCUT2D eigenvalue weighted by Gasteiger charge is -2.01. The average Bonchev–Trinajstić information content (AvgIpc) is 2.88. The van der Waals surface area contributed by atoms with Crippen molar-refractivity contribution in [1.29, 1.82) is 0 Å². The molecule has 0 aliphatic heterocycles. The van der Waals surface area contributed by atoms with Crippen LogP contribution in [0, 0.1) is 5.82 Å². The van der Waals surface area contributed by atoms with Gasteiger partial charge >= 0.3 is 5.97 Å². The number of pyridine rings is 1. The first-order valence-electron chi connectivity index (χ1n) is 5.49. The van der Waals surface area contributed by atoms with E-state index in [0.717, 1.165) is 17.5 Å². The highest BCUT2D eigenvalue weighted by molar-refractivity contribution is 7.15. The lowest BCUT2D eigenvalue weighted by molar-refractivity contribution is -0.138. The van der Waals surface area contributed by atoms with Gasteiger partial charge in [0.1, 0.15) is 16.7 Å². The standard InChI is InChI=1S/C12H9FN2O2S/c13-6-1-3-8(14-5-6)11-15-10-7(12(16)17)2-4-9(10)18-11/h1,3,5,7H,2,4H2,(H,16,17). The minimum absolute atomic E-state index is 0.397. The molecule has 0 saturated carbocycles. The smallest absolute Gasteiger partial charge is 0.312 e. The maximum absolute atomic E-state index is 12.8. The number of thiazole rings is 1. The van der Waals surface area contributed by atoms with Crippen LogP contribution in [0.5, 0.6) is 0 Å². The maximum atomic E-state index is 12.8. The molecule has 0 fully saturated rings. The van der Waals surface area contributed by atoms with Gasteiger partial charge in [0.05, 0.1) is 17.6 Å².